The van der Waals surface area contributed by atoms with Gasteiger partial charge in [0.1, 0.15) is 17.0 Å². The highest BCUT2D eigenvalue weighted by Crippen LogP contribution is 2.38. The average Bonchev–Trinajstić information content (AvgIpc) is 2.54. The Hall–Kier alpha value is -1.54. The van der Waals surface area contributed by atoms with Gasteiger partial charge in [-0.1, -0.05) is 11.6 Å². The Balaban J connectivity index is 2.49. The van der Waals surface area contributed by atoms with Crippen LogP contribution in [-0.4, -0.2) is 52.3 Å². The number of nitrogens with zero attached hydrogens (tertiary/aromatic N) is 2. The number of amides is 2. The second-order valence-electron chi connectivity index (χ2n) is 9.32. The van der Waals surface area contributed by atoms with Crippen LogP contribution in [-0.2, 0) is 9.47 Å². The Morgan fingerprint density at radius 1 is 1.03 bits per heavy atom. The van der Waals surface area contributed by atoms with Crippen molar-refractivity contribution in [2.45, 2.75) is 71.8 Å². The lowest BCUT2D eigenvalue weighted by molar-refractivity contribution is -0.0318. The Bertz CT molecular complexity index is 822. The van der Waals surface area contributed by atoms with Crippen molar-refractivity contribution in [3.63, 3.8) is 0 Å². The average molecular weight is 508 g/mol. The summed E-state index contributed by atoms with van der Waals surface area (Å²) < 4.78 is 26.3. The van der Waals surface area contributed by atoms with Crippen molar-refractivity contribution >= 4 is 39.7 Å². The quantitative estimate of drug-likeness (QED) is 0.427. The maximum atomic E-state index is 15.1. The third-order valence-corrected chi connectivity index (χ3v) is 5.26. The maximum absolute atomic E-state index is 15.1. The molecule has 1 aromatic rings. The zero-order chi connectivity index (χ0) is 23.0. The normalized spacial score (nSPS) is 20.2. The van der Waals surface area contributed by atoms with E-state index in [2.05, 4.69) is 15.9 Å². The lowest BCUT2D eigenvalue weighted by Gasteiger charge is -2.46. The molecule has 2 atom stereocenters. The Kier molecular flexibility index (Phi) is 7.34. The Morgan fingerprint density at radius 3 is 2.00 bits per heavy atom. The fraction of sp³-hybridized carbons (Fsp3) is 0.619. The van der Waals surface area contributed by atoms with Crippen molar-refractivity contribution < 1.29 is 23.5 Å². The molecule has 1 heterocycles. The minimum atomic E-state index is -0.809. The van der Waals surface area contributed by atoms with E-state index in [1.807, 2.05) is 0 Å². The van der Waals surface area contributed by atoms with Gasteiger partial charge >= 0.3 is 12.2 Å². The predicted octanol–water partition coefficient (Wildman–Crippen LogP) is 6.16. The zero-order valence-electron chi connectivity index (χ0n) is 18.4. The van der Waals surface area contributed by atoms with E-state index < -0.39 is 41.3 Å². The summed E-state index contributed by atoms with van der Waals surface area (Å²) in [5.41, 5.74) is -1.21. The summed E-state index contributed by atoms with van der Waals surface area (Å²) in [6.45, 7) is 12.7. The first-order valence-electron chi connectivity index (χ1n) is 9.74. The van der Waals surface area contributed by atoms with Gasteiger partial charge in [-0.2, -0.15) is 0 Å². The molecule has 1 aromatic carbocycles. The van der Waals surface area contributed by atoms with Crippen LogP contribution < -0.4 is 0 Å². The fourth-order valence-electron chi connectivity index (χ4n) is 3.31. The van der Waals surface area contributed by atoms with Crippen LogP contribution in [0.1, 0.15) is 60.1 Å². The molecule has 2 amide bonds. The molecule has 0 aromatic heterocycles. The van der Waals surface area contributed by atoms with Crippen LogP contribution in [0.5, 0.6) is 0 Å². The molecule has 1 aliphatic rings. The van der Waals surface area contributed by atoms with Crippen LogP contribution >= 0.6 is 27.5 Å². The lowest BCUT2D eigenvalue weighted by atomic mass is 9.95. The molecule has 1 saturated heterocycles. The molecule has 0 saturated carbocycles. The van der Waals surface area contributed by atoms with Gasteiger partial charge in [0.2, 0.25) is 0 Å². The first kappa shape index (κ1) is 24.7. The highest BCUT2D eigenvalue weighted by Gasteiger charge is 2.43. The molecule has 1 fully saturated rings. The minimum absolute atomic E-state index is 0.159. The summed E-state index contributed by atoms with van der Waals surface area (Å²) in [6.07, 6.45) is -1.11. The molecule has 0 bridgehead atoms. The van der Waals surface area contributed by atoms with Gasteiger partial charge in [-0.15, -0.1) is 0 Å². The zero-order valence-corrected chi connectivity index (χ0v) is 20.7. The summed E-state index contributed by atoms with van der Waals surface area (Å²) >= 11 is 9.35. The second kappa shape index (κ2) is 8.91. The van der Waals surface area contributed by atoms with Crippen molar-refractivity contribution in [3.05, 3.63) is 33.0 Å². The molecule has 0 N–H and O–H groups in total. The van der Waals surface area contributed by atoms with E-state index in [0.29, 0.717) is 5.02 Å². The predicted molar refractivity (Wildman–Crippen MR) is 117 cm³/mol. The van der Waals surface area contributed by atoms with Crippen LogP contribution in [0, 0.1) is 5.82 Å². The standard InChI is InChI=1S/C21H29BrClFN2O4/c1-12-17(14-10-13(23)11-15(22)16(14)24)26(19(28)30-21(5,6)7)9-8-25(12)18(27)29-20(2,3)4/h10-12,17H,8-9H2,1-7H3/t12-,17+/m0/s1. The molecular weight excluding hydrogens is 479 g/mol. The number of benzene rings is 1. The third kappa shape index (κ3) is 6.00. The summed E-state index contributed by atoms with van der Waals surface area (Å²) in [7, 11) is 0. The highest BCUT2D eigenvalue weighted by atomic mass is 79.9. The summed E-state index contributed by atoms with van der Waals surface area (Å²) in [5.74, 6) is -0.546. The second-order valence-corrected chi connectivity index (χ2v) is 10.6. The van der Waals surface area contributed by atoms with E-state index in [1.165, 1.54) is 21.9 Å². The molecule has 168 valence electrons. The van der Waals surface area contributed by atoms with Crippen LogP contribution in [0.2, 0.25) is 5.02 Å². The van der Waals surface area contributed by atoms with Gasteiger partial charge in [0, 0.05) is 23.7 Å². The maximum Gasteiger partial charge on any atom is 0.410 e. The fourth-order valence-corrected chi connectivity index (χ4v) is 4.15. The van der Waals surface area contributed by atoms with Crippen molar-refractivity contribution in [1.82, 2.24) is 9.80 Å². The number of hydrogen-bond acceptors (Lipinski definition) is 4. The Labute approximate surface area is 190 Å². The van der Waals surface area contributed by atoms with Gasteiger partial charge in [0.05, 0.1) is 16.6 Å². The molecule has 9 heteroatoms. The van der Waals surface area contributed by atoms with E-state index in [0.717, 1.165) is 0 Å². The van der Waals surface area contributed by atoms with Crippen LogP contribution in [0.4, 0.5) is 14.0 Å². The van der Waals surface area contributed by atoms with Gasteiger partial charge in [-0.05, 0) is 76.5 Å². The van der Waals surface area contributed by atoms with E-state index in [1.54, 1.807) is 48.5 Å². The largest absolute Gasteiger partial charge is 0.444 e. The van der Waals surface area contributed by atoms with E-state index in [4.69, 9.17) is 21.1 Å². The molecule has 30 heavy (non-hydrogen) atoms. The van der Waals surface area contributed by atoms with Crippen LogP contribution in [0.3, 0.4) is 0 Å². The third-order valence-electron chi connectivity index (χ3n) is 4.46. The molecular formula is C21H29BrClFN2O4. The molecule has 1 aliphatic heterocycles. The highest BCUT2D eigenvalue weighted by molar-refractivity contribution is 9.10. The molecule has 0 aliphatic carbocycles. The van der Waals surface area contributed by atoms with Gasteiger partial charge in [0.15, 0.2) is 0 Å². The number of hydrogen-bond donors (Lipinski definition) is 0. The van der Waals surface area contributed by atoms with Gasteiger partial charge in [-0.25, -0.2) is 14.0 Å². The van der Waals surface area contributed by atoms with Crippen molar-refractivity contribution in [2.24, 2.45) is 0 Å². The number of rotatable bonds is 1. The van der Waals surface area contributed by atoms with Crippen molar-refractivity contribution in [2.75, 3.05) is 13.1 Å². The molecule has 0 unspecified atom stereocenters. The number of carbonyl (C=O) groups excluding carboxylic acids is 2. The molecule has 6 nitrogen and oxygen atoms in total. The monoisotopic (exact) mass is 506 g/mol. The molecule has 0 spiro atoms. The van der Waals surface area contributed by atoms with Crippen molar-refractivity contribution in [1.29, 1.82) is 0 Å². The van der Waals surface area contributed by atoms with E-state index in [9.17, 15) is 9.59 Å². The summed E-state index contributed by atoms with van der Waals surface area (Å²) in [5, 5.41) is 0.309. The first-order valence-corrected chi connectivity index (χ1v) is 10.9. The summed E-state index contributed by atoms with van der Waals surface area (Å²) in [4.78, 5) is 28.6. The van der Waals surface area contributed by atoms with Gasteiger partial charge in [0.25, 0.3) is 0 Å². The van der Waals surface area contributed by atoms with E-state index >= 15 is 4.39 Å². The number of carbonyl (C=O) groups is 2. The first-order chi connectivity index (χ1) is 13.6. The topological polar surface area (TPSA) is 59.1 Å². The lowest BCUT2D eigenvalue weighted by Crippen LogP contribution is -2.58. The SMILES string of the molecule is C[C@H]1[C@H](c2cc(Cl)cc(Br)c2F)N(C(=O)OC(C)(C)C)CCN1C(=O)OC(C)(C)C. The Morgan fingerprint density at radius 2 is 1.50 bits per heavy atom. The van der Waals surface area contributed by atoms with E-state index in [-0.39, 0.29) is 23.1 Å². The van der Waals surface area contributed by atoms with Crippen LogP contribution in [0.15, 0.2) is 16.6 Å². The van der Waals surface area contributed by atoms with Crippen molar-refractivity contribution in [3.8, 4) is 0 Å². The molecule has 0 radical (unpaired) electrons. The minimum Gasteiger partial charge on any atom is -0.444 e. The van der Waals surface area contributed by atoms with Gasteiger partial charge < -0.3 is 14.4 Å². The number of ether oxygens (including phenoxy) is 2. The molecule has 2 rings (SSSR count). The number of piperazine rings is 1. The smallest absolute Gasteiger partial charge is 0.410 e. The van der Waals surface area contributed by atoms with Crippen LogP contribution in [0.25, 0.3) is 0 Å². The number of halogens is 3. The van der Waals surface area contributed by atoms with Gasteiger partial charge in [-0.3, -0.25) is 4.90 Å². The summed E-state index contributed by atoms with van der Waals surface area (Å²) in [6, 6.07) is 1.52.